The van der Waals surface area contributed by atoms with Crippen molar-refractivity contribution in [2.24, 2.45) is 11.0 Å². The Kier molecular flexibility index (Phi) is 7.90. The molecule has 3 aliphatic rings. The van der Waals surface area contributed by atoms with Gasteiger partial charge in [0.05, 0.1) is 25.0 Å². The number of fused-ring (bicyclic) bond motifs is 1. The highest BCUT2D eigenvalue weighted by molar-refractivity contribution is 6.03. The summed E-state index contributed by atoms with van der Waals surface area (Å²) in [5.41, 5.74) is 2.27. The van der Waals surface area contributed by atoms with E-state index in [1.807, 2.05) is 32.0 Å². The van der Waals surface area contributed by atoms with E-state index in [0.29, 0.717) is 49.9 Å². The van der Waals surface area contributed by atoms with Crippen molar-refractivity contribution in [1.29, 1.82) is 0 Å². The molecule has 0 aliphatic carbocycles. The zero-order chi connectivity index (χ0) is 26.6. The summed E-state index contributed by atoms with van der Waals surface area (Å²) in [7, 11) is 0. The summed E-state index contributed by atoms with van der Waals surface area (Å²) in [6, 6.07) is 11.3. The van der Waals surface area contributed by atoms with Gasteiger partial charge < -0.3 is 19.1 Å². The van der Waals surface area contributed by atoms with Crippen LogP contribution in [0, 0.1) is 11.7 Å². The monoisotopic (exact) mass is 524 g/mol. The van der Waals surface area contributed by atoms with Gasteiger partial charge in [0.15, 0.2) is 11.5 Å². The van der Waals surface area contributed by atoms with Gasteiger partial charge in [0.25, 0.3) is 5.91 Å². The first-order valence-electron chi connectivity index (χ1n) is 13.0. The first kappa shape index (κ1) is 26.1. The molecule has 0 spiro atoms. The predicted molar refractivity (Wildman–Crippen MR) is 138 cm³/mol. The Labute approximate surface area is 221 Å². The number of carbonyl (C=O) groups is 2. The minimum absolute atomic E-state index is 0.0758. The van der Waals surface area contributed by atoms with Crippen molar-refractivity contribution in [2.45, 2.75) is 26.3 Å². The van der Waals surface area contributed by atoms with Crippen molar-refractivity contribution in [3.05, 3.63) is 59.4 Å². The second-order valence-electron chi connectivity index (χ2n) is 9.99. The molecule has 10 heteroatoms. The van der Waals surface area contributed by atoms with Crippen LogP contribution in [0.1, 0.15) is 37.4 Å². The molecule has 3 heterocycles. The summed E-state index contributed by atoms with van der Waals surface area (Å²) in [6.45, 7) is 7.82. The lowest BCUT2D eigenvalue weighted by Crippen LogP contribution is -2.47. The molecule has 0 bridgehead atoms. The highest BCUT2D eigenvalue weighted by Crippen LogP contribution is 2.39. The number of morpholine rings is 1. The van der Waals surface area contributed by atoms with Gasteiger partial charge in [0, 0.05) is 38.5 Å². The minimum atomic E-state index is -0.396. The summed E-state index contributed by atoms with van der Waals surface area (Å²) in [5.74, 6) is 0.340. The Bertz CT molecular complexity index is 1200. The van der Waals surface area contributed by atoms with Gasteiger partial charge in [-0.15, -0.1) is 0 Å². The van der Waals surface area contributed by atoms with Crippen LogP contribution >= 0.6 is 0 Å². The third-order valence-corrected chi connectivity index (χ3v) is 7.05. The Balaban J connectivity index is 1.38. The van der Waals surface area contributed by atoms with Crippen LogP contribution in [0.25, 0.3) is 0 Å². The molecule has 0 saturated carbocycles. The highest BCUT2D eigenvalue weighted by Gasteiger charge is 2.35. The summed E-state index contributed by atoms with van der Waals surface area (Å²) >= 11 is 0. The molecule has 2 amide bonds. The molecule has 1 atom stereocenters. The van der Waals surface area contributed by atoms with Crippen molar-refractivity contribution in [2.75, 3.05) is 52.7 Å². The second-order valence-corrected chi connectivity index (χ2v) is 9.99. The van der Waals surface area contributed by atoms with Gasteiger partial charge >= 0.3 is 0 Å². The van der Waals surface area contributed by atoms with E-state index in [2.05, 4.69) is 10.0 Å². The lowest BCUT2D eigenvalue weighted by atomic mass is 9.98. The average Bonchev–Trinajstić information content (AvgIpc) is 3.58. The zero-order valence-electron chi connectivity index (χ0n) is 21.8. The van der Waals surface area contributed by atoms with Gasteiger partial charge in [-0.3, -0.25) is 14.5 Å². The summed E-state index contributed by atoms with van der Waals surface area (Å²) in [5, 5.41) is 6.15. The Hall–Kier alpha value is -3.50. The van der Waals surface area contributed by atoms with Crippen LogP contribution in [0.15, 0.2) is 47.6 Å². The molecule has 1 fully saturated rings. The van der Waals surface area contributed by atoms with E-state index in [1.54, 1.807) is 17.0 Å². The lowest BCUT2D eigenvalue weighted by molar-refractivity contribution is -0.143. The fraction of sp³-hybridized carbons (Fsp3) is 0.464. The third-order valence-electron chi connectivity index (χ3n) is 7.05. The molecular formula is C28H33FN4O5. The first-order chi connectivity index (χ1) is 18.4. The SMILES string of the molecule is CC(C)C(=O)N(CCN1CCOCC1)CC(=O)N1N=C(c2ccc(F)cc2)C[C@H]1c1ccc2c(c1)OCO2. The van der Waals surface area contributed by atoms with Crippen LogP contribution < -0.4 is 9.47 Å². The molecule has 38 heavy (non-hydrogen) atoms. The van der Waals surface area contributed by atoms with Crippen molar-refractivity contribution in [3.63, 3.8) is 0 Å². The quantitative estimate of drug-likeness (QED) is 0.528. The van der Waals surface area contributed by atoms with Gasteiger partial charge in [-0.25, -0.2) is 9.40 Å². The van der Waals surface area contributed by atoms with Crippen molar-refractivity contribution in [1.82, 2.24) is 14.8 Å². The van der Waals surface area contributed by atoms with E-state index in [0.717, 1.165) is 24.2 Å². The number of halogens is 1. The van der Waals surface area contributed by atoms with E-state index in [4.69, 9.17) is 14.2 Å². The van der Waals surface area contributed by atoms with Crippen molar-refractivity contribution in [3.8, 4) is 11.5 Å². The van der Waals surface area contributed by atoms with Crippen molar-refractivity contribution < 1.29 is 28.2 Å². The van der Waals surface area contributed by atoms with Gasteiger partial charge in [0.1, 0.15) is 12.4 Å². The Morgan fingerprint density at radius 3 is 2.55 bits per heavy atom. The summed E-state index contributed by atoms with van der Waals surface area (Å²) in [4.78, 5) is 30.7. The Morgan fingerprint density at radius 1 is 1.08 bits per heavy atom. The zero-order valence-corrected chi connectivity index (χ0v) is 21.8. The van der Waals surface area contributed by atoms with E-state index in [-0.39, 0.29) is 36.9 Å². The van der Waals surface area contributed by atoms with Crippen LogP contribution in [-0.4, -0.2) is 85.1 Å². The van der Waals surface area contributed by atoms with Gasteiger partial charge in [-0.1, -0.05) is 32.0 Å². The van der Waals surface area contributed by atoms with Crippen LogP contribution in [0.3, 0.4) is 0 Å². The molecule has 3 aliphatic heterocycles. The molecule has 1 saturated heterocycles. The summed E-state index contributed by atoms with van der Waals surface area (Å²) in [6.07, 6.45) is 0.447. The second kappa shape index (κ2) is 11.5. The number of nitrogens with zero attached hydrogens (tertiary/aromatic N) is 4. The normalized spacial score (nSPS) is 19.1. The smallest absolute Gasteiger partial charge is 0.262 e. The summed E-state index contributed by atoms with van der Waals surface area (Å²) < 4.78 is 30.0. The van der Waals surface area contributed by atoms with Crippen LogP contribution in [0.2, 0.25) is 0 Å². The molecule has 0 aromatic heterocycles. The van der Waals surface area contributed by atoms with Crippen LogP contribution in [0.5, 0.6) is 11.5 Å². The molecule has 202 valence electrons. The first-order valence-corrected chi connectivity index (χ1v) is 13.0. The lowest BCUT2D eigenvalue weighted by Gasteiger charge is -2.31. The third kappa shape index (κ3) is 5.81. The number of carbonyl (C=O) groups excluding carboxylic acids is 2. The largest absolute Gasteiger partial charge is 0.454 e. The van der Waals surface area contributed by atoms with Crippen LogP contribution in [-0.2, 0) is 14.3 Å². The number of hydrazone groups is 1. The molecule has 9 nitrogen and oxygen atoms in total. The standard InChI is InChI=1S/C28H33FN4O5/c1-19(2)28(35)32(10-9-31-11-13-36-14-12-31)17-27(34)33-24(21-5-8-25-26(15-21)38-18-37-25)16-23(30-33)20-3-6-22(29)7-4-20/h3-8,15,19,24H,9-14,16-18H2,1-2H3/t24-/m0/s1. The van der Waals surface area contributed by atoms with E-state index in [9.17, 15) is 14.0 Å². The number of hydrogen-bond acceptors (Lipinski definition) is 7. The molecular weight excluding hydrogens is 491 g/mol. The maximum absolute atomic E-state index is 13.8. The molecule has 0 N–H and O–H groups in total. The fourth-order valence-corrected chi connectivity index (χ4v) is 4.89. The Morgan fingerprint density at radius 2 is 1.82 bits per heavy atom. The molecule has 0 radical (unpaired) electrons. The topological polar surface area (TPSA) is 83.9 Å². The van der Waals surface area contributed by atoms with Gasteiger partial charge in [-0.2, -0.15) is 5.10 Å². The average molecular weight is 525 g/mol. The minimum Gasteiger partial charge on any atom is -0.454 e. The van der Waals surface area contributed by atoms with E-state index < -0.39 is 6.04 Å². The van der Waals surface area contributed by atoms with Gasteiger partial charge in [-0.05, 0) is 35.4 Å². The van der Waals surface area contributed by atoms with E-state index >= 15 is 0 Å². The molecule has 2 aromatic rings. The van der Waals surface area contributed by atoms with E-state index in [1.165, 1.54) is 17.1 Å². The number of benzene rings is 2. The fourth-order valence-electron chi connectivity index (χ4n) is 4.89. The number of hydrogen-bond donors (Lipinski definition) is 0. The molecule has 2 aromatic carbocycles. The van der Waals surface area contributed by atoms with Crippen molar-refractivity contribution >= 4 is 17.5 Å². The maximum Gasteiger partial charge on any atom is 0.262 e. The highest BCUT2D eigenvalue weighted by atomic mass is 19.1. The molecule has 0 unspecified atom stereocenters. The number of rotatable bonds is 8. The number of ether oxygens (including phenoxy) is 3. The number of amides is 2. The molecule has 5 rings (SSSR count). The van der Waals surface area contributed by atoms with Gasteiger partial charge in [0.2, 0.25) is 12.7 Å². The maximum atomic E-state index is 13.8. The predicted octanol–water partition coefficient (Wildman–Crippen LogP) is 3.05. The van der Waals surface area contributed by atoms with Crippen LogP contribution in [0.4, 0.5) is 4.39 Å².